The fourth-order valence-corrected chi connectivity index (χ4v) is 3.88. The molecule has 160 valence electrons. The highest BCUT2D eigenvalue weighted by Crippen LogP contribution is 2.31. The summed E-state index contributed by atoms with van der Waals surface area (Å²) < 4.78 is 13.0. The molecule has 1 aliphatic heterocycles. The van der Waals surface area contributed by atoms with Crippen LogP contribution in [0.3, 0.4) is 0 Å². The van der Waals surface area contributed by atoms with Crippen LogP contribution in [0.25, 0.3) is 33.1 Å². The first-order chi connectivity index (χ1) is 15.1. The third-order valence-electron chi connectivity index (χ3n) is 5.57. The second kappa shape index (κ2) is 8.13. The summed E-state index contributed by atoms with van der Waals surface area (Å²) in [4.78, 5) is 26.5. The molecule has 3 aromatic heterocycles. The monoisotopic (exact) mass is 419 g/mol. The van der Waals surface area contributed by atoms with E-state index in [-0.39, 0.29) is 11.9 Å². The molecule has 31 heavy (non-hydrogen) atoms. The number of H-pyrrole nitrogens is 1. The molecule has 5 rings (SSSR count). The first-order valence-corrected chi connectivity index (χ1v) is 10.5. The van der Waals surface area contributed by atoms with E-state index in [9.17, 15) is 4.79 Å². The van der Waals surface area contributed by atoms with Gasteiger partial charge in [0.25, 0.3) is 0 Å². The van der Waals surface area contributed by atoms with E-state index in [1.54, 1.807) is 10.8 Å². The van der Waals surface area contributed by atoms with Crippen LogP contribution in [0.5, 0.6) is 5.88 Å². The summed E-state index contributed by atoms with van der Waals surface area (Å²) in [6, 6.07) is 9.94. The van der Waals surface area contributed by atoms with Gasteiger partial charge >= 0.3 is 5.69 Å². The van der Waals surface area contributed by atoms with Crippen molar-refractivity contribution in [3.05, 3.63) is 53.2 Å². The highest BCUT2D eigenvalue weighted by Gasteiger charge is 2.25. The zero-order valence-corrected chi connectivity index (χ0v) is 17.7. The Labute approximate surface area is 179 Å². The molecule has 1 unspecified atom stereocenters. The van der Waals surface area contributed by atoms with Crippen LogP contribution in [0, 0.1) is 0 Å². The number of fused-ring (bicyclic) bond motifs is 3. The molecular formula is C23H25N5O3. The highest BCUT2D eigenvalue weighted by atomic mass is 16.5. The van der Waals surface area contributed by atoms with Crippen molar-refractivity contribution >= 4 is 21.9 Å². The van der Waals surface area contributed by atoms with Crippen molar-refractivity contribution in [3.8, 4) is 17.0 Å². The van der Waals surface area contributed by atoms with E-state index in [2.05, 4.69) is 25.9 Å². The van der Waals surface area contributed by atoms with Gasteiger partial charge in [0, 0.05) is 36.2 Å². The van der Waals surface area contributed by atoms with E-state index in [0.717, 1.165) is 46.9 Å². The van der Waals surface area contributed by atoms with Gasteiger partial charge in [-0.1, -0.05) is 6.07 Å². The van der Waals surface area contributed by atoms with Crippen molar-refractivity contribution in [2.24, 2.45) is 0 Å². The van der Waals surface area contributed by atoms with Crippen LogP contribution in [-0.2, 0) is 4.74 Å². The largest absolute Gasteiger partial charge is 0.478 e. The van der Waals surface area contributed by atoms with E-state index in [1.807, 2.05) is 44.6 Å². The molecule has 0 aliphatic carbocycles. The van der Waals surface area contributed by atoms with Crippen LogP contribution in [0.2, 0.25) is 0 Å². The zero-order valence-electron chi connectivity index (χ0n) is 17.7. The Morgan fingerprint density at radius 2 is 2.03 bits per heavy atom. The molecule has 1 N–H and O–H groups in total. The Morgan fingerprint density at radius 1 is 1.19 bits per heavy atom. The second-order valence-corrected chi connectivity index (χ2v) is 8.06. The minimum atomic E-state index is -0.221. The molecule has 1 fully saturated rings. The van der Waals surface area contributed by atoms with Gasteiger partial charge in [-0.3, -0.25) is 9.55 Å². The molecule has 4 heterocycles. The Kier molecular flexibility index (Phi) is 5.17. The van der Waals surface area contributed by atoms with Gasteiger partial charge in [-0.25, -0.2) is 9.78 Å². The van der Waals surface area contributed by atoms with E-state index in [0.29, 0.717) is 24.6 Å². The van der Waals surface area contributed by atoms with Gasteiger partial charge in [0.15, 0.2) is 0 Å². The van der Waals surface area contributed by atoms with Crippen molar-refractivity contribution in [1.82, 2.24) is 24.4 Å². The Balaban J connectivity index is 1.46. The third-order valence-corrected chi connectivity index (χ3v) is 5.57. The maximum absolute atomic E-state index is 12.5. The average Bonchev–Trinajstić information content (AvgIpc) is 3.06. The minimum absolute atomic E-state index is 0.170. The summed E-state index contributed by atoms with van der Waals surface area (Å²) in [7, 11) is 4.10. The normalized spacial score (nSPS) is 16.2. The van der Waals surface area contributed by atoms with Gasteiger partial charge in [0.1, 0.15) is 6.23 Å². The number of aromatic amines is 1. The maximum atomic E-state index is 12.5. The molecule has 0 saturated carbocycles. The second-order valence-electron chi connectivity index (χ2n) is 8.06. The molecule has 0 amide bonds. The van der Waals surface area contributed by atoms with Crippen molar-refractivity contribution in [2.75, 3.05) is 33.9 Å². The molecule has 0 spiro atoms. The summed E-state index contributed by atoms with van der Waals surface area (Å²) in [6.45, 7) is 2.29. The van der Waals surface area contributed by atoms with Crippen LogP contribution in [-0.4, -0.2) is 58.3 Å². The average molecular weight is 419 g/mol. The summed E-state index contributed by atoms with van der Waals surface area (Å²) in [5, 5.41) is 0.910. The van der Waals surface area contributed by atoms with E-state index in [4.69, 9.17) is 9.47 Å². The van der Waals surface area contributed by atoms with Crippen molar-refractivity contribution < 1.29 is 9.47 Å². The van der Waals surface area contributed by atoms with Crippen LogP contribution >= 0.6 is 0 Å². The molecule has 0 radical (unpaired) electrons. The van der Waals surface area contributed by atoms with Crippen LogP contribution in [0.15, 0.2) is 47.5 Å². The molecule has 1 saturated heterocycles. The molecule has 8 heteroatoms. The summed E-state index contributed by atoms with van der Waals surface area (Å²) in [5.74, 6) is 0.619. The fourth-order valence-electron chi connectivity index (χ4n) is 3.88. The lowest BCUT2D eigenvalue weighted by atomic mass is 10.0. The van der Waals surface area contributed by atoms with Gasteiger partial charge in [-0.05, 0) is 44.3 Å². The standard InChI is InChI=1S/C23H25N5O3/c1-27(2)9-3-10-30-20-7-5-16(13-25-20)15-4-6-18-17(12-15)22-19(14-24-18)26-23(29)28(22)21-8-11-31-21/h4-7,12-14,21H,3,8-11H2,1-2H3,(H,26,29). The summed E-state index contributed by atoms with van der Waals surface area (Å²) in [6.07, 6.45) is 5.08. The summed E-state index contributed by atoms with van der Waals surface area (Å²) in [5.41, 5.74) is 4.18. The topological polar surface area (TPSA) is 85.3 Å². The number of ether oxygens (including phenoxy) is 2. The fraction of sp³-hybridized carbons (Fsp3) is 0.348. The maximum Gasteiger partial charge on any atom is 0.328 e. The van der Waals surface area contributed by atoms with Gasteiger partial charge in [0.05, 0.1) is 36.0 Å². The molecule has 8 nitrogen and oxygen atoms in total. The van der Waals surface area contributed by atoms with Crippen molar-refractivity contribution in [3.63, 3.8) is 0 Å². The molecule has 1 aromatic carbocycles. The SMILES string of the molecule is CN(C)CCCOc1ccc(-c2ccc3ncc4[nH]c(=O)n(C5CCO5)c4c3c2)cn1. The van der Waals surface area contributed by atoms with Gasteiger partial charge < -0.3 is 19.4 Å². The first-order valence-electron chi connectivity index (χ1n) is 10.5. The number of pyridine rings is 2. The Morgan fingerprint density at radius 3 is 2.74 bits per heavy atom. The number of rotatable bonds is 7. The van der Waals surface area contributed by atoms with E-state index < -0.39 is 0 Å². The Bertz CT molecular complexity index is 1270. The number of nitrogens with zero attached hydrogens (tertiary/aromatic N) is 4. The number of hydrogen-bond donors (Lipinski definition) is 1. The minimum Gasteiger partial charge on any atom is -0.478 e. The molecule has 1 aliphatic rings. The third kappa shape index (κ3) is 3.80. The molecule has 0 bridgehead atoms. The number of aromatic nitrogens is 4. The number of hydrogen-bond acceptors (Lipinski definition) is 6. The van der Waals surface area contributed by atoms with Crippen molar-refractivity contribution in [2.45, 2.75) is 19.1 Å². The highest BCUT2D eigenvalue weighted by molar-refractivity contribution is 6.03. The Hall–Kier alpha value is -3.23. The number of nitrogens with one attached hydrogen (secondary N) is 1. The molecule has 4 aromatic rings. The van der Waals surface area contributed by atoms with Crippen molar-refractivity contribution in [1.29, 1.82) is 0 Å². The lowest BCUT2D eigenvalue weighted by Crippen LogP contribution is -2.31. The van der Waals surface area contributed by atoms with Crippen LogP contribution in [0.1, 0.15) is 19.1 Å². The first kappa shape index (κ1) is 19.7. The van der Waals surface area contributed by atoms with Gasteiger partial charge in [0.2, 0.25) is 5.88 Å². The lowest BCUT2D eigenvalue weighted by molar-refractivity contribution is -0.0986. The quantitative estimate of drug-likeness (QED) is 0.463. The molecular weight excluding hydrogens is 394 g/mol. The van der Waals surface area contributed by atoms with Crippen LogP contribution in [0.4, 0.5) is 0 Å². The van der Waals surface area contributed by atoms with E-state index in [1.165, 1.54) is 0 Å². The summed E-state index contributed by atoms with van der Waals surface area (Å²) >= 11 is 0. The predicted octanol–water partition coefficient (Wildman–Crippen LogP) is 3.19. The predicted molar refractivity (Wildman–Crippen MR) is 119 cm³/mol. The number of imidazole rings is 1. The zero-order chi connectivity index (χ0) is 21.4. The lowest BCUT2D eigenvalue weighted by Gasteiger charge is -2.27. The van der Waals surface area contributed by atoms with Gasteiger partial charge in [-0.2, -0.15) is 0 Å². The van der Waals surface area contributed by atoms with E-state index >= 15 is 0 Å². The number of benzene rings is 1. The smallest absolute Gasteiger partial charge is 0.328 e. The van der Waals surface area contributed by atoms with Crippen LogP contribution < -0.4 is 10.4 Å². The molecule has 1 atom stereocenters. The van der Waals surface area contributed by atoms with Gasteiger partial charge in [-0.15, -0.1) is 0 Å².